The van der Waals surface area contributed by atoms with Crippen molar-refractivity contribution < 1.29 is 19.1 Å². The molecule has 2 N–H and O–H groups in total. The van der Waals surface area contributed by atoms with Crippen LogP contribution in [-0.2, 0) is 14.4 Å². The van der Waals surface area contributed by atoms with Gasteiger partial charge < -0.3 is 20.3 Å². The molecule has 7 nitrogen and oxygen atoms in total. The maximum absolute atomic E-state index is 13.1. The summed E-state index contributed by atoms with van der Waals surface area (Å²) in [7, 11) is 1.61. The molecule has 5 aliphatic rings. The molecule has 0 atom stereocenters. The van der Waals surface area contributed by atoms with Crippen LogP contribution in [0.5, 0.6) is 5.75 Å². The van der Waals surface area contributed by atoms with E-state index in [1.165, 1.54) is 19.3 Å². The van der Waals surface area contributed by atoms with Crippen molar-refractivity contribution in [3.05, 3.63) is 24.3 Å². The standard InChI is InChI=1S/C27H37N3O4/c1-34-23-4-2-22(3-5-23)29-25(32)21-7-10-30(11-8-21)24(31)6-9-28-26(33)27-15-18-12-19(16-27)14-20(13-18)17-27/h2-5,18-21H,6-17H2,1H3,(H,28,33)(H,29,32). The third kappa shape index (κ3) is 4.80. The Labute approximate surface area is 202 Å². The molecule has 1 aromatic rings. The second kappa shape index (κ2) is 9.59. The topological polar surface area (TPSA) is 87.7 Å². The van der Waals surface area contributed by atoms with Gasteiger partial charge in [-0.25, -0.2) is 0 Å². The van der Waals surface area contributed by atoms with Gasteiger partial charge in [0.2, 0.25) is 17.7 Å². The Balaban J connectivity index is 1.03. The molecule has 184 valence electrons. The number of nitrogens with zero attached hydrogens (tertiary/aromatic N) is 1. The average molecular weight is 468 g/mol. The zero-order chi connectivity index (χ0) is 23.7. The summed E-state index contributed by atoms with van der Waals surface area (Å²) in [5.41, 5.74) is 0.590. The summed E-state index contributed by atoms with van der Waals surface area (Å²) in [5.74, 6) is 3.12. The summed E-state index contributed by atoms with van der Waals surface area (Å²) in [6.45, 7) is 1.59. The van der Waals surface area contributed by atoms with Crippen LogP contribution in [0, 0.1) is 29.1 Å². The van der Waals surface area contributed by atoms with E-state index in [4.69, 9.17) is 4.74 Å². The number of carbonyl (C=O) groups is 3. The first kappa shape index (κ1) is 23.2. The van der Waals surface area contributed by atoms with Crippen LogP contribution in [0.25, 0.3) is 0 Å². The normalized spacial score (nSPS) is 30.1. The summed E-state index contributed by atoms with van der Waals surface area (Å²) in [4.78, 5) is 40.2. The number of benzene rings is 1. The van der Waals surface area contributed by atoms with E-state index >= 15 is 0 Å². The van der Waals surface area contributed by atoms with Gasteiger partial charge in [-0.15, -0.1) is 0 Å². The molecule has 5 fully saturated rings. The molecule has 4 bridgehead atoms. The number of hydrogen-bond acceptors (Lipinski definition) is 4. The lowest BCUT2D eigenvalue weighted by atomic mass is 9.49. The lowest BCUT2D eigenvalue weighted by Crippen LogP contribution is -2.54. The van der Waals surface area contributed by atoms with Crippen molar-refractivity contribution in [1.82, 2.24) is 10.2 Å². The summed E-state index contributed by atoms with van der Waals surface area (Å²) in [6, 6.07) is 7.29. The first-order valence-corrected chi connectivity index (χ1v) is 12.9. The van der Waals surface area contributed by atoms with Crippen molar-refractivity contribution in [3.63, 3.8) is 0 Å². The van der Waals surface area contributed by atoms with Gasteiger partial charge in [0, 0.05) is 43.1 Å². The van der Waals surface area contributed by atoms with Crippen molar-refractivity contribution in [3.8, 4) is 5.75 Å². The van der Waals surface area contributed by atoms with Gasteiger partial charge in [0.05, 0.1) is 7.11 Å². The van der Waals surface area contributed by atoms with E-state index < -0.39 is 0 Å². The van der Waals surface area contributed by atoms with Crippen LogP contribution in [0.15, 0.2) is 24.3 Å². The lowest BCUT2D eigenvalue weighted by Gasteiger charge is -2.55. The first-order chi connectivity index (χ1) is 16.4. The predicted octanol–water partition coefficient (Wildman–Crippen LogP) is 3.60. The zero-order valence-corrected chi connectivity index (χ0v) is 20.2. The number of likely N-dealkylation sites (tertiary alicyclic amines) is 1. The lowest BCUT2D eigenvalue weighted by molar-refractivity contribution is -0.146. The molecule has 34 heavy (non-hydrogen) atoms. The Bertz CT molecular complexity index is 885. The molecule has 1 aliphatic heterocycles. The Kier molecular flexibility index (Phi) is 6.54. The van der Waals surface area contributed by atoms with E-state index in [0.717, 1.165) is 48.5 Å². The van der Waals surface area contributed by atoms with Crippen LogP contribution in [0.1, 0.15) is 57.8 Å². The van der Waals surface area contributed by atoms with Crippen LogP contribution in [0.3, 0.4) is 0 Å². The van der Waals surface area contributed by atoms with Gasteiger partial charge in [0.15, 0.2) is 0 Å². The highest BCUT2D eigenvalue weighted by molar-refractivity contribution is 5.92. The Morgan fingerprint density at radius 1 is 0.971 bits per heavy atom. The molecule has 4 aliphatic carbocycles. The predicted molar refractivity (Wildman–Crippen MR) is 129 cm³/mol. The summed E-state index contributed by atoms with van der Waals surface area (Å²) in [5, 5.41) is 6.08. The highest BCUT2D eigenvalue weighted by Crippen LogP contribution is 2.60. The van der Waals surface area contributed by atoms with Crippen molar-refractivity contribution in [1.29, 1.82) is 0 Å². The number of nitrogens with one attached hydrogen (secondary N) is 2. The van der Waals surface area contributed by atoms with Gasteiger partial charge in [-0.1, -0.05) is 0 Å². The highest BCUT2D eigenvalue weighted by Gasteiger charge is 2.54. The number of methoxy groups -OCH3 is 1. The molecule has 6 rings (SSSR count). The second-order valence-electron chi connectivity index (χ2n) is 11.1. The van der Waals surface area contributed by atoms with Crippen LogP contribution in [-0.4, -0.2) is 49.4 Å². The molecule has 0 spiro atoms. The van der Waals surface area contributed by atoms with E-state index in [9.17, 15) is 14.4 Å². The summed E-state index contributed by atoms with van der Waals surface area (Å²) < 4.78 is 5.15. The Hall–Kier alpha value is -2.57. The fraction of sp³-hybridized carbons (Fsp3) is 0.667. The fourth-order valence-corrected chi connectivity index (χ4v) is 7.33. The maximum atomic E-state index is 13.1. The molecule has 0 radical (unpaired) electrons. The van der Waals surface area contributed by atoms with Gasteiger partial charge in [-0.05, 0) is 93.4 Å². The quantitative estimate of drug-likeness (QED) is 0.642. The Morgan fingerprint density at radius 2 is 1.56 bits per heavy atom. The number of hydrogen-bond donors (Lipinski definition) is 2. The molecular formula is C27H37N3O4. The third-order valence-electron chi connectivity index (χ3n) is 8.72. The minimum absolute atomic E-state index is 0.0000945. The Morgan fingerprint density at radius 3 is 2.12 bits per heavy atom. The third-order valence-corrected chi connectivity index (χ3v) is 8.72. The van der Waals surface area contributed by atoms with Crippen LogP contribution >= 0.6 is 0 Å². The van der Waals surface area contributed by atoms with Crippen LogP contribution < -0.4 is 15.4 Å². The molecule has 0 aromatic heterocycles. The second-order valence-corrected chi connectivity index (χ2v) is 11.1. The molecule has 0 unspecified atom stereocenters. The fourth-order valence-electron chi connectivity index (χ4n) is 7.33. The number of anilines is 1. The van der Waals surface area contributed by atoms with Gasteiger partial charge in [-0.2, -0.15) is 0 Å². The minimum atomic E-state index is -0.159. The monoisotopic (exact) mass is 467 g/mol. The average Bonchev–Trinajstić information content (AvgIpc) is 2.83. The molecule has 7 heteroatoms. The molecule has 4 saturated carbocycles. The number of rotatable bonds is 7. The van der Waals surface area contributed by atoms with Gasteiger partial charge in [0.1, 0.15) is 5.75 Å². The number of ether oxygens (including phenoxy) is 1. The minimum Gasteiger partial charge on any atom is -0.497 e. The van der Waals surface area contributed by atoms with E-state index in [1.54, 1.807) is 7.11 Å². The molecule has 1 heterocycles. The molecule has 1 saturated heterocycles. The van der Waals surface area contributed by atoms with Crippen molar-refractivity contribution in [2.45, 2.75) is 57.8 Å². The van der Waals surface area contributed by atoms with Crippen LogP contribution in [0.2, 0.25) is 0 Å². The largest absolute Gasteiger partial charge is 0.497 e. The first-order valence-electron chi connectivity index (χ1n) is 12.9. The summed E-state index contributed by atoms with van der Waals surface area (Å²) in [6.07, 6.45) is 8.75. The van der Waals surface area contributed by atoms with Crippen molar-refractivity contribution in [2.75, 3.05) is 32.1 Å². The molecule has 1 aromatic carbocycles. The SMILES string of the molecule is COc1ccc(NC(=O)C2CCN(C(=O)CCNC(=O)C34CC5CC(CC(C5)C3)C4)CC2)cc1. The van der Waals surface area contributed by atoms with Gasteiger partial charge >= 0.3 is 0 Å². The smallest absolute Gasteiger partial charge is 0.227 e. The number of piperidine rings is 1. The van der Waals surface area contributed by atoms with Crippen molar-refractivity contribution in [2.24, 2.45) is 29.1 Å². The zero-order valence-electron chi connectivity index (χ0n) is 20.2. The number of amides is 3. The van der Waals surface area contributed by atoms with E-state index in [0.29, 0.717) is 38.9 Å². The summed E-state index contributed by atoms with van der Waals surface area (Å²) >= 11 is 0. The van der Waals surface area contributed by atoms with E-state index in [1.807, 2.05) is 29.2 Å². The maximum Gasteiger partial charge on any atom is 0.227 e. The van der Waals surface area contributed by atoms with Gasteiger partial charge in [0.25, 0.3) is 0 Å². The van der Waals surface area contributed by atoms with Gasteiger partial charge in [-0.3, -0.25) is 14.4 Å². The highest BCUT2D eigenvalue weighted by atomic mass is 16.5. The van der Waals surface area contributed by atoms with E-state index in [-0.39, 0.29) is 29.1 Å². The van der Waals surface area contributed by atoms with Crippen molar-refractivity contribution >= 4 is 23.4 Å². The molecule has 3 amide bonds. The molecular weight excluding hydrogens is 430 g/mol. The van der Waals surface area contributed by atoms with Crippen LogP contribution in [0.4, 0.5) is 5.69 Å². The van der Waals surface area contributed by atoms with E-state index in [2.05, 4.69) is 10.6 Å². The number of carbonyl (C=O) groups excluding carboxylic acids is 3.